The number of carbonyl (C=O) groups excluding carboxylic acids is 2. The molecule has 0 heterocycles. The van der Waals surface area contributed by atoms with Crippen LogP contribution in [0.25, 0.3) is 0 Å². The Bertz CT molecular complexity index is 55.4. The van der Waals surface area contributed by atoms with E-state index in [1.807, 2.05) is 0 Å². The van der Waals surface area contributed by atoms with E-state index in [4.69, 9.17) is 0 Å². The SMILES string of the molecule is O=CCCCC=O.[Sn]. The average Bonchev–Trinajstić information content (AvgIpc) is 1.69. The minimum absolute atomic E-state index is 0. The zero-order valence-corrected chi connectivity index (χ0v) is 7.45. The van der Waals surface area contributed by atoms with E-state index >= 15 is 0 Å². The Morgan fingerprint density at radius 3 is 1.62 bits per heavy atom. The molecular weight excluding hydrogens is 211 g/mol. The second-order valence-corrected chi connectivity index (χ2v) is 1.26. The van der Waals surface area contributed by atoms with Crippen molar-refractivity contribution < 1.29 is 9.59 Å². The van der Waals surface area contributed by atoms with Crippen LogP contribution in [-0.4, -0.2) is 36.5 Å². The monoisotopic (exact) mass is 220 g/mol. The van der Waals surface area contributed by atoms with E-state index in [0.29, 0.717) is 19.3 Å². The molecule has 0 N–H and O–H groups in total. The van der Waals surface area contributed by atoms with E-state index in [9.17, 15) is 9.59 Å². The van der Waals surface area contributed by atoms with E-state index in [0.717, 1.165) is 12.6 Å². The van der Waals surface area contributed by atoms with Crippen LogP contribution in [-0.2, 0) is 9.59 Å². The molecule has 0 rings (SSSR count). The van der Waals surface area contributed by atoms with Gasteiger partial charge in [0.05, 0.1) is 0 Å². The van der Waals surface area contributed by atoms with Gasteiger partial charge in [0.25, 0.3) is 0 Å². The van der Waals surface area contributed by atoms with E-state index < -0.39 is 0 Å². The van der Waals surface area contributed by atoms with Gasteiger partial charge in [-0.25, -0.2) is 0 Å². The van der Waals surface area contributed by atoms with E-state index in [1.165, 1.54) is 0 Å². The Hall–Kier alpha value is 0.139. The summed E-state index contributed by atoms with van der Waals surface area (Å²) in [6, 6.07) is 0. The third kappa shape index (κ3) is 9.46. The zero-order valence-electron chi connectivity index (χ0n) is 4.59. The molecule has 0 unspecified atom stereocenters. The van der Waals surface area contributed by atoms with Crippen molar-refractivity contribution in [2.24, 2.45) is 0 Å². The fraction of sp³-hybridized carbons (Fsp3) is 0.600. The van der Waals surface area contributed by atoms with Crippen LogP contribution in [0.3, 0.4) is 0 Å². The first-order valence-corrected chi connectivity index (χ1v) is 2.29. The summed E-state index contributed by atoms with van der Waals surface area (Å²) in [6.45, 7) is 0. The van der Waals surface area contributed by atoms with Gasteiger partial charge in [-0.2, -0.15) is 0 Å². The number of unbranched alkanes of at least 4 members (excludes halogenated alkanes) is 2. The Morgan fingerprint density at radius 2 is 1.38 bits per heavy atom. The molecule has 8 heavy (non-hydrogen) atoms. The topological polar surface area (TPSA) is 34.1 Å². The summed E-state index contributed by atoms with van der Waals surface area (Å²) in [5.74, 6) is 0. The summed E-state index contributed by atoms with van der Waals surface area (Å²) < 4.78 is 0. The molecule has 0 aliphatic carbocycles. The second-order valence-electron chi connectivity index (χ2n) is 1.26. The summed E-state index contributed by atoms with van der Waals surface area (Å²) in [4.78, 5) is 19.1. The van der Waals surface area contributed by atoms with Crippen molar-refractivity contribution in [3.63, 3.8) is 0 Å². The molecule has 4 radical (unpaired) electrons. The quantitative estimate of drug-likeness (QED) is 0.383. The standard InChI is InChI=1S/C5H8O2.Sn/c6-4-2-1-3-5-7;/h4-5H,1-3H2;. The largest absolute Gasteiger partial charge is 0.303 e. The van der Waals surface area contributed by atoms with Gasteiger partial charge in [0.15, 0.2) is 0 Å². The van der Waals surface area contributed by atoms with Crippen molar-refractivity contribution in [3.8, 4) is 0 Å². The molecule has 0 aromatic heterocycles. The molecule has 0 amide bonds. The maximum Gasteiger partial charge on any atom is 0.120 e. The molecule has 44 valence electrons. The third-order valence-electron chi connectivity index (χ3n) is 0.644. The minimum atomic E-state index is 0. The van der Waals surface area contributed by atoms with Crippen LogP contribution in [0.1, 0.15) is 19.3 Å². The number of aldehydes is 2. The Balaban J connectivity index is 0. The van der Waals surface area contributed by atoms with E-state index in [1.54, 1.807) is 0 Å². The van der Waals surface area contributed by atoms with Crippen LogP contribution < -0.4 is 0 Å². The first-order valence-electron chi connectivity index (χ1n) is 2.29. The number of carbonyl (C=O) groups is 2. The van der Waals surface area contributed by atoms with Crippen LogP contribution in [0.4, 0.5) is 0 Å². The van der Waals surface area contributed by atoms with Gasteiger partial charge in [-0.05, 0) is 6.42 Å². The number of rotatable bonds is 4. The van der Waals surface area contributed by atoms with Crippen molar-refractivity contribution in [3.05, 3.63) is 0 Å². The average molecular weight is 219 g/mol. The number of hydrogen-bond acceptors (Lipinski definition) is 2. The summed E-state index contributed by atoms with van der Waals surface area (Å²) >= 11 is 0. The van der Waals surface area contributed by atoms with Crippen LogP contribution >= 0.6 is 0 Å². The van der Waals surface area contributed by atoms with Crippen molar-refractivity contribution in [2.75, 3.05) is 0 Å². The van der Waals surface area contributed by atoms with Gasteiger partial charge >= 0.3 is 0 Å². The van der Waals surface area contributed by atoms with E-state index in [-0.39, 0.29) is 23.9 Å². The first-order chi connectivity index (χ1) is 3.41. The van der Waals surface area contributed by atoms with Crippen molar-refractivity contribution in [2.45, 2.75) is 19.3 Å². The molecule has 0 saturated carbocycles. The Morgan fingerprint density at radius 1 is 1.00 bits per heavy atom. The van der Waals surface area contributed by atoms with Gasteiger partial charge in [-0.15, -0.1) is 0 Å². The van der Waals surface area contributed by atoms with E-state index in [2.05, 4.69) is 0 Å². The predicted molar refractivity (Wildman–Crippen MR) is 31.7 cm³/mol. The summed E-state index contributed by atoms with van der Waals surface area (Å²) in [6.07, 6.45) is 3.37. The van der Waals surface area contributed by atoms with Gasteiger partial charge in [0.1, 0.15) is 12.6 Å². The summed E-state index contributed by atoms with van der Waals surface area (Å²) in [5, 5.41) is 0. The first kappa shape index (κ1) is 11.0. The maximum absolute atomic E-state index is 9.56. The smallest absolute Gasteiger partial charge is 0.120 e. The number of hydrogen-bond donors (Lipinski definition) is 0. The Kier molecular flexibility index (Phi) is 14.0. The van der Waals surface area contributed by atoms with Crippen LogP contribution in [0.2, 0.25) is 0 Å². The fourth-order valence-electron chi connectivity index (χ4n) is 0.285. The van der Waals surface area contributed by atoms with Crippen LogP contribution in [0.15, 0.2) is 0 Å². The predicted octanol–water partition coefficient (Wildman–Crippen LogP) is 0.174. The zero-order chi connectivity index (χ0) is 5.54. The van der Waals surface area contributed by atoms with Gasteiger partial charge in [0.2, 0.25) is 0 Å². The molecular formula is C5H8O2Sn. The molecule has 0 spiro atoms. The molecule has 0 aromatic rings. The molecule has 0 aromatic carbocycles. The van der Waals surface area contributed by atoms with Crippen molar-refractivity contribution >= 4 is 36.5 Å². The molecule has 0 aliphatic rings. The fourth-order valence-corrected chi connectivity index (χ4v) is 0.285. The summed E-state index contributed by atoms with van der Waals surface area (Å²) in [5.41, 5.74) is 0. The summed E-state index contributed by atoms with van der Waals surface area (Å²) in [7, 11) is 0. The van der Waals surface area contributed by atoms with Crippen LogP contribution in [0.5, 0.6) is 0 Å². The van der Waals surface area contributed by atoms with Gasteiger partial charge < -0.3 is 9.59 Å². The molecule has 0 atom stereocenters. The van der Waals surface area contributed by atoms with Gasteiger partial charge in [-0.3, -0.25) is 0 Å². The normalized spacial score (nSPS) is 7.00. The molecule has 0 saturated heterocycles. The van der Waals surface area contributed by atoms with Gasteiger partial charge in [-0.1, -0.05) is 0 Å². The maximum atomic E-state index is 9.56. The molecule has 0 fully saturated rings. The molecule has 0 aliphatic heterocycles. The van der Waals surface area contributed by atoms with Gasteiger partial charge in [0, 0.05) is 36.7 Å². The van der Waals surface area contributed by atoms with Crippen molar-refractivity contribution in [1.29, 1.82) is 0 Å². The molecule has 0 bridgehead atoms. The van der Waals surface area contributed by atoms with Crippen molar-refractivity contribution in [1.82, 2.24) is 0 Å². The molecule has 3 heteroatoms. The molecule has 2 nitrogen and oxygen atoms in total. The minimum Gasteiger partial charge on any atom is -0.303 e. The Labute approximate surface area is 65.6 Å². The van der Waals surface area contributed by atoms with Crippen LogP contribution in [0, 0.1) is 0 Å². The third-order valence-corrected chi connectivity index (χ3v) is 0.644. The second kappa shape index (κ2) is 10.2.